The number of anilines is 1. The molecule has 2 unspecified atom stereocenters. The van der Waals surface area contributed by atoms with Crippen molar-refractivity contribution in [2.75, 3.05) is 5.32 Å². The van der Waals surface area contributed by atoms with E-state index in [1.54, 1.807) is 0 Å². The van der Waals surface area contributed by atoms with E-state index in [-0.39, 0.29) is 17.4 Å². The summed E-state index contributed by atoms with van der Waals surface area (Å²) in [4.78, 5) is 20.1. The van der Waals surface area contributed by atoms with Crippen LogP contribution in [0.5, 0.6) is 0 Å². The number of nitrogens with zero attached hydrogens (tertiary/aromatic N) is 2. The van der Waals surface area contributed by atoms with E-state index in [1.165, 1.54) is 12.1 Å². The lowest BCUT2D eigenvalue weighted by Crippen LogP contribution is -2.06. The van der Waals surface area contributed by atoms with Crippen molar-refractivity contribution in [3.63, 3.8) is 0 Å². The topological polar surface area (TPSA) is 98.3 Å². The third-order valence-corrected chi connectivity index (χ3v) is 2.84. The quantitative estimate of drug-likeness (QED) is 0.640. The molecule has 1 aliphatic carbocycles. The number of nitrogens with one attached hydrogen (secondary N) is 1. The van der Waals surface area contributed by atoms with E-state index in [1.807, 2.05) is 6.92 Å². The third-order valence-electron chi connectivity index (χ3n) is 2.84. The van der Waals surface area contributed by atoms with Gasteiger partial charge in [-0.1, -0.05) is 6.92 Å². The molecule has 17 heavy (non-hydrogen) atoms. The molecule has 0 amide bonds. The van der Waals surface area contributed by atoms with Crippen molar-refractivity contribution in [3.8, 4) is 0 Å². The van der Waals surface area contributed by atoms with E-state index >= 15 is 0 Å². The summed E-state index contributed by atoms with van der Waals surface area (Å²) < 4.78 is 0. The Hall–Kier alpha value is -2.18. The van der Waals surface area contributed by atoms with Crippen molar-refractivity contribution in [1.29, 1.82) is 0 Å². The lowest BCUT2D eigenvalue weighted by Gasteiger charge is -2.05. The smallest absolute Gasteiger partial charge is 0.299 e. The van der Waals surface area contributed by atoms with Crippen molar-refractivity contribution in [3.05, 3.63) is 38.4 Å². The van der Waals surface area contributed by atoms with Crippen LogP contribution in [-0.4, -0.2) is 15.9 Å². The van der Waals surface area contributed by atoms with E-state index in [0.29, 0.717) is 11.6 Å². The predicted octanol–water partition coefficient (Wildman–Crippen LogP) is 2.32. The SMILES string of the molecule is CC1CC1Nc1ccc([N+](=O)[O-])cc1[N+](=O)[O-]. The number of nitro benzene ring substituents is 2. The number of rotatable bonds is 4. The molecular formula is C10H11N3O4. The molecule has 1 aromatic rings. The minimum Gasteiger partial charge on any atom is -0.376 e. The average Bonchev–Trinajstić information content (AvgIpc) is 2.94. The van der Waals surface area contributed by atoms with Crippen molar-refractivity contribution in [2.24, 2.45) is 5.92 Å². The molecule has 1 N–H and O–H groups in total. The van der Waals surface area contributed by atoms with Gasteiger partial charge in [-0.2, -0.15) is 0 Å². The molecule has 7 heteroatoms. The van der Waals surface area contributed by atoms with E-state index in [9.17, 15) is 20.2 Å². The predicted molar refractivity (Wildman–Crippen MR) is 60.9 cm³/mol. The van der Waals surface area contributed by atoms with Gasteiger partial charge in [0, 0.05) is 12.1 Å². The lowest BCUT2D eigenvalue weighted by atomic mass is 10.2. The number of benzene rings is 1. The molecule has 90 valence electrons. The zero-order valence-electron chi connectivity index (χ0n) is 9.12. The lowest BCUT2D eigenvalue weighted by molar-refractivity contribution is -0.393. The summed E-state index contributed by atoms with van der Waals surface area (Å²) >= 11 is 0. The van der Waals surface area contributed by atoms with Crippen LogP contribution in [0.15, 0.2) is 18.2 Å². The minimum absolute atomic E-state index is 0.232. The molecule has 2 atom stereocenters. The maximum Gasteiger partial charge on any atom is 0.299 e. The highest BCUT2D eigenvalue weighted by atomic mass is 16.6. The Bertz CT molecular complexity index is 488. The first-order chi connectivity index (χ1) is 7.99. The van der Waals surface area contributed by atoms with Gasteiger partial charge < -0.3 is 5.32 Å². The Morgan fingerprint density at radius 2 is 1.94 bits per heavy atom. The van der Waals surface area contributed by atoms with Crippen LogP contribution < -0.4 is 5.32 Å². The molecule has 0 bridgehead atoms. The van der Waals surface area contributed by atoms with Gasteiger partial charge in [0.25, 0.3) is 11.4 Å². The van der Waals surface area contributed by atoms with Crippen molar-refractivity contribution < 1.29 is 9.85 Å². The van der Waals surface area contributed by atoms with Crippen LogP contribution >= 0.6 is 0 Å². The first-order valence-corrected chi connectivity index (χ1v) is 5.18. The highest BCUT2D eigenvalue weighted by molar-refractivity contribution is 5.66. The second-order valence-electron chi connectivity index (χ2n) is 4.18. The fraction of sp³-hybridized carbons (Fsp3) is 0.400. The molecule has 1 aliphatic rings. The Morgan fingerprint density at radius 3 is 2.41 bits per heavy atom. The Labute approximate surface area is 96.7 Å². The summed E-state index contributed by atoms with van der Waals surface area (Å²) in [6.45, 7) is 2.04. The maximum absolute atomic E-state index is 10.8. The molecule has 1 fully saturated rings. The van der Waals surface area contributed by atoms with Crippen LogP contribution in [-0.2, 0) is 0 Å². The van der Waals surface area contributed by atoms with E-state index < -0.39 is 9.85 Å². The number of hydrogen-bond acceptors (Lipinski definition) is 5. The van der Waals surface area contributed by atoms with Gasteiger partial charge in [0.2, 0.25) is 0 Å². The van der Waals surface area contributed by atoms with Crippen molar-refractivity contribution in [2.45, 2.75) is 19.4 Å². The molecule has 0 spiro atoms. The normalized spacial score (nSPS) is 21.9. The Morgan fingerprint density at radius 1 is 1.29 bits per heavy atom. The molecule has 0 saturated heterocycles. The summed E-state index contributed by atoms with van der Waals surface area (Å²) in [5.74, 6) is 0.491. The second kappa shape index (κ2) is 4.00. The third kappa shape index (κ3) is 2.32. The molecule has 2 rings (SSSR count). The van der Waals surface area contributed by atoms with E-state index in [2.05, 4.69) is 5.32 Å². The zero-order valence-corrected chi connectivity index (χ0v) is 9.12. The van der Waals surface area contributed by atoms with E-state index in [4.69, 9.17) is 0 Å². The first-order valence-electron chi connectivity index (χ1n) is 5.18. The van der Waals surface area contributed by atoms with Gasteiger partial charge in [0.05, 0.1) is 15.9 Å². The molecule has 0 aromatic heterocycles. The number of hydrogen-bond donors (Lipinski definition) is 1. The molecule has 7 nitrogen and oxygen atoms in total. The highest BCUT2D eigenvalue weighted by Gasteiger charge is 2.34. The standard InChI is InChI=1S/C10H11N3O4/c1-6-4-9(6)11-8-3-2-7(12(14)15)5-10(8)13(16)17/h2-3,5-6,9,11H,4H2,1H3. The van der Waals surface area contributed by atoms with Crippen LogP contribution in [0.3, 0.4) is 0 Å². The van der Waals surface area contributed by atoms with Gasteiger partial charge in [-0.15, -0.1) is 0 Å². The summed E-state index contributed by atoms with van der Waals surface area (Å²) in [6.07, 6.45) is 0.966. The maximum atomic E-state index is 10.8. The van der Waals surface area contributed by atoms with Crippen LogP contribution in [0.1, 0.15) is 13.3 Å². The van der Waals surface area contributed by atoms with Gasteiger partial charge in [0.1, 0.15) is 5.69 Å². The molecule has 0 radical (unpaired) electrons. The number of non-ortho nitro benzene ring substituents is 1. The first kappa shape index (κ1) is 11.3. The van der Waals surface area contributed by atoms with Crippen molar-refractivity contribution >= 4 is 17.1 Å². The number of nitro groups is 2. The molecule has 1 saturated carbocycles. The van der Waals surface area contributed by atoms with Gasteiger partial charge in [0.15, 0.2) is 0 Å². The summed E-state index contributed by atoms with van der Waals surface area (Å²) in [7, 11) is 0. The summed E-state index contributed by atoms with van der Waals surface area (Å²) in [5, 5.41) is 24.4. The Balaban J connectivity index is 2.31. The van der Waals surface area contributed by atoms with E-state index in [0.717, 1.165) is 12.5 Å². The monoisotopic (exact) mass is 237 g/mol. The Kier molecular flexibility index (Phi) is 2.66. The van der Waals surface area contributed by atoms with Crippen LogP contribution in [0.25, 0.3) is 0 Å². The fourth-order valence-corrected chi connectivity index (χ4v) is 1.63. The second-order valence-corrected chi connectivity index (χ2v) is 4.18. The van der Waals surface area contributed by atoms with Crippen molar-refractivity contribution in [1.82, 2.24) is 0 Å². The van der Waals surface area contributed by atoms with Gasteiger partial charge in [-0.05, 0) is 18.4 Å². The fourth-order valence-electron chi connectivity index (χ4n) is 1.63. The average molecular weight is 237 g/mol. The van der Waals surface area contributed by atoms with Crippen LogP contribution in [0.4, 0.5) is 17.1 Å². The van der Waals surface area contributed by atoms with Gasteiger partial charge in [-0.3, -0.25) is 20.2 Å². The minimum atomic E-state index is -0.642. The largest absolute Gasteiger partial charge is 0.376 e. The molecule has 0 heterocycles. The molecular weight excluding hydrogens is 226 g/mol. The van der Waals surface area contributed by atoms with Gasteiger partial charge >= 0.3 is 0 Å². The highest BCUT2D eigenvalue weighted by Crippen LogP contribution is 2.36. The zero-order chi connectivity index (χ0) is 12.6. The van der Waals surface area contributed by atoms with Crippen LogP contribution in [0.2, 0.25) is 0 Å². The van der Waals surface area contributed by atoms with Gasteiger partial charge in [-0.25, -0.2) is 0 Å². The molecule has 1 aromatic carbocycles. The molecule has 0 aliphatic heterocycles. The van der Waals surface area contributed by atoms with Crippen LogP contribution in [0, 0.1) is 26.1 Å². The summed E-state index contributed by atoms with van der Waals surface area (Å²) in [6, 6.07) is 3.87. The summed E-state index contributed by atoms with van der Waals surface area (Å²) in [5.41, 5.74) is -0.181.